The summed E-state index contributed by atoms with van der Waals surface area (Å²) in [6, 6.07) is 33.4. The number of benzene rings is 4. The summed E-state index contributed by atoms with van der Waals surface area (Å²) in [5.41, 5.74) is 3.56. The third-order valence-corrected chi connectivity index (χ3v) is 13.2. The van der Waals surface area contributed by atoms with Crippen LogP contribution in [0.2, 0.25) is 0 Å². The fraction of sp³-hybridized carbons (Fsp3) is 0.214. The van der Waals surface area contributed by atoms with E-state index >= 15 is 0 Å². The number of aromatic nitrogens is 8. The summed E-state index contributed by atoms with van der Waals surface area (Å²) in [6.45, 7) is 13.0. The van der Waals surface area contributed by atoms with Crippen LogP contribution in [-0.4, -0.2) is 106 Å². The Bertz CT molecular complexity index is 3400. The summed E-state index contributed by atoms with van der Waals surface area (Å²) in [5, 5.41) is 17.0. The Hall–Kier alpha value is -9.16. The van der Waals surface area contributed by atoms with Gasteiger partial charge in [-0.3, -0.25) is 24.1 Å². The van der Waals surface area contributed by atoms with Crippen molar-refractivity contribution in [2.24, 2.45) is 5.92 Å². The van der Waals surface area contributed by atoms with E-state index in [1.807, 2.05) is 114 Å². The second-order valence-electron chi connectivity index (χ2n) is 18.0. The molecule has 0 aliphatic carbocycles. The van der Waals surface area contributed by atoms with Gasteiger partial charge in [-0.25, -0.2) is 29.3 Å². The monoisotopic (exact) mass is 988 g/mol. The van der Waals surface area contributed by atoms with Gasteiger partial charge in [-0.1, -0.05) is 56.1 Å². The number of piperidine rings is 2. The smallest absolute Gasteiger partial charge is 0.248 e. The third-order valence-electron chi connectivity index (χ3n) is 13.2. The molecule has 4 aromatic heterocycles. The molecule has 372 valence electrons. The molecular weight excluding hydrogens is 937 g/mol. The molecule has 18 nitrogen and oxygen atoms in total. The van der Waals surface area contributed by atoms with Crippen LogP contribution >= 0.6 is 0 Å². The Morgan fingerprint density at radius 3 is 1.51 bits per heavy atom. The molecule has 2 saturated heterocycles. The van der Waals surface area contributed by atoms with E-state index in [-0.39, 0.29) is 48.5 Å². The minimum absolute atomic E-state index is 0.157. The van der Waals surface area contributed by atoms with Gasteiger partial charge in [-0.05, 0) is 123 Å². The summed E-state index contributed by atoms with van der Waals surface area (Å²) in [5.74, 6) is 0.630. The van der Waals surface area contributed by atoms with Crippen molar-refractivity contribution in [3.63, 3.8) is 0 Å². The standard InChI is InChI=1S/C56H52N12O6/c1-4-45(69)44(33-65-29-13-15-38(31-65)67-54-48(52(57-34-59-54)61-46(70)5-2)50(63-67)36-21-25-42(26-22-36)73-40-17-9-7-10-18-40)56(72)66-30-14-16-39(32-66)68-55-49(53(58-35-60-55)62-47(71)6-3)51(64-68)37-23-27-43(28-24-37)74-41-19-11-8-12-20-41/h4-12,17-28,34-35,38-39,44H,1-3,13-16,29-33H2,(H,57,59,61,70)(H,58,60,62,71). The van der Waals surface area contributed by atoms with Crippen molar-refractivity contribution in [1.29, 1.82) is 0 Å². The number of para-hydroxylation sites is 2. The first-order valence-electron chi connectivity index (χ1n) is 24.3. The summed E-state index contributed by atoms with van der Waals surface area (Å²) >= 11 is 0. The lowest BCUT2D eigenvalue weighted by Crippen LogP contribution is -2.50. The first-order valence-corrected chi connectivity index (χ1v) is 24.3. The topological polar surface area (TPSA) is 204 Å². The normalized spacial score (nSPS) is 16.2. The molecule has 4 aromatic carbocycles. The lowest BCUT2D eigenvalue weighted by atomic mass is 9.96. The number of nitrogens with one attached hydrogen (secondary N) is 2. The molecule has 3 unspecified atom stereocenters. The fourth-order valence-corrected chi connectivity index (χ4v) is 9.66. The molecule has 74 heavy (non-hydrogen) atoms. The fourth-order valence-electron chi connectivity index (χ4n) is 9.66. The number of hydrogen-bond donors (Lipinski definition) is 2. The van der Waals surface area contributed by atoms with Crippen molar-refractivity contribution in [2.75, 3.05) is 43.4 Å². The van der Waals surface area contributed by atoms with E-state index in [0.29, 0.717) is 88.9 Å². The zero-order valence-corrected chi connectivity index (χ0v) is 40.4. The van der Waals surface area contributed by atoms with Crippen LogP contribution in [-0.2, 0) is 19.2 Å². The Morgan fingerprint density at radius 2 is 1.04 bits per heavy atom. The number of ether oxygens (including phenoxy) is 2. The highest BCUT2D eigenvalue weighted by Crippen LogP contribution is 2.38. The van der Waals surface area contributed by atoms with Gasteiger partial charge in [0.05, 0.1) is 22.9 Å². The van der Waals surface area contributed by atoms with E-state index in [9.17, 15) is 19.2 Å². The molecule has 18 heteroatoms. The second-order valence-corrected chi connectivity index (χ2v) is 18.0. The van der Waals surface area contributed by atoms with Crippen LogP contribution in [0, 0.1) is 5.92 Å². The largest absolute Gasteiger partial charge is 0.457 e. The van der Waals surface area contributed by atoms with E-state index in [4.69, 9.17) is 24.7 Å². The molecule has 2 fully saturated rings. The number of fused-ring (bicyclic) bond motifs is 2. The number of hydrogen-bond acceptors (Lipinski definition) is 13. The van der Waals surface area contributed by atoms with E-state index in [1.165, 1.54) is 30.9 Å². The predicted molar refractivity (Wildman–Crippen MR) is 280 cm³/mol. The average molecular weight is 989 g/mol. The predicted octanol–water partition coefficient (Wildman–Crippen LogP) is 9.01. The minimum atomic E-state index is -1.03. The van der Waals surface area contributed by atoms with Gasteiger partial charge >= 0.3 is 0 Å². The van der Waals surface area contributed by atoms with Crippen LogP contribution in [0.5, 0.6) is 23.0 Å². The maximum atomic E-state index is 14.8. The van der Waals surface area contributed by atoms with Crippen molar-refractivity contribution in [3.05, 3.63) is 160 Å². The summed E-state index contributed by atoms with van der Waals surface area (Å²) < 4.78 is 15.8. The van der Waals surface area contributed by atoms with Crippen LogP contribution in [0.25, 0.3) is 44.6 Å². The number of ketones is 1. The summed E-state index contributed by atoms with van der Waals surface area (Å²) in [7, 11) is 0. The molecule has 0 saturated carbocycles. The molecule has 0 bridgehead atoms. The lowest BCUT2D eigenvalue weighted by molar-refractivity contribution is -0.142. The highest BCUT2D eigenvalue weighted by Gasteiger charge is 2.37. The Morgan fingerprint density at radius 1 is 0.581 bits per heavy atom. The second kappa shape index (κ2) is 21.7. The first kappa shape index (κ1) is 48.5. The molecule has 6 heterocycles. The van der Waals surface area contributed by atoms with Gasteiger partial charge in [-0.2, -0.15) is 10.2 Å². The molecule has 3 amide bonds. The number of allylic oxidation sites excluding steroid dienone is 1. The van der Waals surface area contributed by atoms with Gasteiger partial charge < -0.3 is 25.0 Å². The van der Waals surface area contributed by atoms with Crippen molar-refractivity contribution < 1.29 is 28.7 Å². The Balaban J connectivity index is 0.902. The number of carbonyl (C=O) groups excluding carboxylic acids is 4. The zero-order valence-electron chi connectivity index (χ0n) is 40.4. The summed E-state index contributed by atoms with van der Waals surface area (Å²) in [4.78, 5) is 76.1. The maximum absolute atomic E-state index is 14.8. The van der Waals surface area contributed by atoms with E-state index in [0.717, 1.165) is 24.0 Å². The molecular formula is C56H52N12O6. The number of nitrogens with zero attached hydrogens (tertiary/aromatic N) is 10. The molecule has 8 aromatic rings. The van der Waals surface area contributed by atoms with Crippen molar-refractivity contribution in [2.45, 2.75) is 37.8 Å². The van der Waals surface area contributed by atoms with Gasteiger partial charge in [0.2, 0.25) is 17.7 Å². The highest BCUT2D eigenvalue weighted by molar-refractivity contribution is 6.09. The summed E-state index contributed by atoms with van der Waals surface area (Å²) in [6.07, 6.45) is 9.13. The zero-order chi connectivity index (χ0) is 51.1. The number of carbonyl (C=O) groups is 4. The molecule has 2 aliphatic rings. The minimum Gasteiger partial charge on any atom is -0.457 e. The van der Waals surface area contributed by atoms with E-state index in [2.05, 4.69) is 50.2 Å². The Labute approximate surface area is 426 Å². The number of amides is 3. The molecule has 2 aliphatic heterocycles. The SMILES string of the molecule is C=CC(=O)Nc1ncnc2c1c(-c1ccc(Oc3ccccc3)cc1)nn2C1CCCN(CC(C(=O)C=C)C(=O)N2CCCC(n3nc(-c4ccc(Oc5ccccc5)cc4)c4c(NC(=O)C=C)ncnc43)C2)C1. The van der Waals surface area contributed by atoms with Crippen LogP contribution in [0.3, 0.4) is 0 Å². The molecule has 0 spiro atoms. The van der Waals surface area contributed by atoms with Gasteiger partial charge in [0.1, 0.15) is 64.6 Å². The highest BCUT2D eigenvalue weighted by atomic mass is 16.5. The van der Waals surface area contributed by atoms with Gasteiger partial charge in [0, 0.05) is 37.3 Å². The first-order chi connectivity index (χ1) is 36.2. The van der Waals surface area contributed by atoms with Gasteiger partial charge in [-0.15, -0.1) is 0 Å². The quantitative estimate of drug-likeness (QED) is 0.0647. The Kier molecular flexibility index (Phi) is 14.2. The molecule has 3 atom stereocenters. The number of anilines is 2. The van der Waals surface area contributed by atoms with Crippen molar-refractivity contribution in [3.8, 4) is 45.5 Å². The van der Waals surface area contributed by atoms with Crippen LogP contribution in [0.1, 0.15) is 37.8 Å². The molecule has 2 N–H and O–H groups in total. The lowest BCUT2D eigenvalue weighted by Gasteiger charge is -2.37. The van der Waals surface area contributed by atoms with Crippen molar-refractivity contribution >= 4 is 57.2 Å². The van der Waals surface area contributed by atoms with E-state index in [1.54, 1.807) is 9.58 Å². The maximum Gasteiger partial charge on any atom is 0.248 e. The number of rotatable bonds is 17. The molecule has 10 rings (SSSR count). The third kappa shape index (κ3) is 10.3. The average Bonchev–Trinajstić information content (AvgIpc) is 4.04. The number of likely N-dealkylation sites (tertiary alicyclic amines) is 2. The van der Waals surface area contributed by atoms with Gasteiger partial charge in [0.25, 0.3) is 0 Å². The van der Waals surface area contributed by atoms with Crippen LogP contribution < -0.4 is 20.1 Å². The van der Waals surface area contributed by atoms with E-state index < -0.39 is 17.7 Å². The van der Waals surface area contributed by atoms with Gasteiger partial charge in [0.15, 0.2) is 17.1 Å². The van der Waals surface area contributed by atoms with Crippen LogP contribution in [0.4, 0.5) is 11.6 Å². The van der Waals surface area contributed by atoms with Crippen molar-refractivity contribution in [1.82, 2.24) is 49.3 Å². The molecule has 0 radical (unpaired) electrons. The van der Waals surface area contributed by atoms with Crippen LogP contribution in [0.15, 0.2) is 160 Å².